The van der Waals surface area contributed by atoms with E-state index in [0.29, 0.717) is 6.42 Å². The molecule has 1 aromatic carbocycles. The molecule has 3 heteroatoms. The minimum Gasteiger partial charge on any atom is -0.360 e. The van der Waals surface area contributed by atoms with Crippen LogP contribution in [0.1, 0.15) is 105 Å². The molecule has 1 aromatic rings. The Morgan fingerprint density at radius 2 is 1.66 bits per heavy atom. The molecule has 41 heavy (non-hydrogen) atoms. The van der Waals surface area contributed by atoms with Gasteiger partial charge in [-0.15, -0.1) is 6.58 Å². The summed E-state index contributed by atoms with van der Waals surface area (Å²) >= 11 is 0. The number of benzene rings is 1. The van der Waals surface area contributed by atoms with Gasteiger partial charge in [0.05, 0.1) is 0 Å². The minimum atomic E-state index is 0.639. The number of likely N-dealkylation sites (N-methyl/N-ethyl adjacent to an activating group) is 1. The normalized spacial score (nSPS) is 10.4. The summed E-state index contributed by atoms with van der Waals surface area (Å²) < 4.78 is 0. The van der Waals surface area contributed by atoms with Crippen LogP contribution in [0.25, 0.3) is 0 Å². The van der Waals surface area contributed by atoms with Gasteiger partial charge in [-0.05, 0) is 89.0 Å². The van der Waals surface area contributed by atoms with Crippen LogP contribution in [0.5, 0.6) is 0 Å². The summed E-state index contributed by atoms with van der Waals surface area (Å²) in [4.78, 5) is 15.6. The first-order valence-corrected chi connectivity index (χ1v) is 15.3. The van der Waals surface area contributed by atoms with Crippen molar-refractivity contribution in [2.24, 2.45) is 10.9 Å². The van der Waals surface area contributed by atoms with E-state index in [2.05, 4.69) is 123 Å². The van der Waals surface area contributed by atoms with Crippen molar-refractivity contribution < 1.29 is 4.79 Å². The van der Waals surface area contributed by atoms with Crippen molar-refractivity contribution in [3.63, 3.8) is 0 Å². The molecular weight excluding hydrogens is 500 g/mol. The maximum absolute atomic E-state index is 9.17. The third-order valence-electron chi connectivity index (χ3n) is 5.46. The highest BCUT2D eigenvalue weighted by Crippen LogP contribution is 2.10. The van der Waals surface area contributed by atoms with Crippen LogP contribution in [0, 0.1) is 19.8 Å². The number of aliphatic imine (C=N–C) groups is 1. The first kappa shape index (κ1) is 45.1. The molecule has 0 saturated heterocycles. The fourth-order valence-electron chi connectivity index (χ4n) is 3.12. The van der Waals surface area contributed by atoms with Gasteiger partial charge >= 0.3 is 0 Å². The van der Waals surface area contributed by atoms with E-state index >= 15 is 0 Å². The Bertz CT molecular complexity index is 897. The highest BCUT2D eigenvalue weighted by Gasteiger charge is 1.99. The zero-order valence-corrected chi connectivity index (χ0v) is 29.3. The van der Waals surface area contributed by atoms with Gasteiger partial charge in [-0.1, -0.05) is 108 Å². The van der Waals surface area contributed by atoms with E-state index in [1.165, 1.54) is 27.8 Å². The number of amidine groups is 1. The number of hydrogen-bond acceptors (Lipinski definition) is 2. The van der Waals surface area contributed by atoms with Crippen LogP contribution in [0.2, 0.25) is 0 Å². The van der Waals surface area contributed by atoms with Gasteiger partial charge in [-0.3, -0.25) is 4.99 Å². The highest BCUT2D eigenvalue weighted by atomic mass is 16.1. The molecule has 3 nitrogen and oxygen atoms in total. The number of rotatable bonds is 10. The van der Waals surface area contributed by atoms with Gasteiger partial charge in [0.25, 0.3) is 0 Å². The molecule has 0 bridgehead atoms. The summed E-state index contributed by atoms with van der Waals surface area (Å²) in [5.41, 5.74) is 6.82. The van der Waals surface area contributed by atoms with Gasteiger partial charge in [0.15, 0.2) is 0 Å². The van der Waals surface area contributed by atoms with Crippen molar-refractivity contribution in [3.8, 4) is 0 Å². The minimum absolute atomic E-state index is 0.639. The molecule has 0 N–H and O–H groups in total. The van der Waals surface area contributed by atoms with Crippen molar-refractivity contribution in [3.05, 3.63) is 95.6 Å². The van der Waals surface area contributed by atoms with Crippen LogP contribution in [-0.4, -0.2) is 37.7 Å². The second-order valence-electron chi connectivity index (χ2n) is 10.3. The lowest BCUT2D eigenvalue weighted by Crippen LogP contribution is -2.25. The predicted molar refractivity (Wildman–Crippen MR) is 190 cm³/mol. The average Bonchev–Trinajstić information content (AvgIpc) is 2.94. The Balaban J connectivity index is -0.000000218. The SMILES string of the molecule is C=C/C(=C\C=C/C)CC.C=CCC(C)C.CCC=O.CCCN(C)C(C=C(C)C)=NC.CCc1cc(C)ccc1C. The maximum atomic E-state index is 9.17. The number of carbonyl (C=O) groups excluding carboxylic acids is 1. The highest BCUT2D eigenvalue weighted by molar-refractivity contribution is 5.93. The zero-order valence-electron chi connectivity index (χ0n) is 29.3. The second kappa shape index (κ2) is 33.3. The van der Waals surface area contributed by atoms with Crippen molar-refractivity contribution in [1.82, 2.24) is 4.90 Å². The Morgan fingerprint density at radius 3 is 1.95 bits per heavy atom. The molecule has 0 amide bonds. The molecule has 0 heterocycles. The van der Waals surface area contributed by atoms with Crippen LogP contribution < -0.4 is 0 Å². The molecule has 0 saturated carbocycles. The third kappa shape index (κ3) is 33.2. The lowest BCUT2D eigenvalue weighted by molar-refractivity contribution is -0.107. The fourth-order valence-corrected chi connectivity index (χ4v) is 3.12. The molecule has 0 aliphatic heterocycles. The van der Waals surface area contributed by atoms with Crippen LogP contribution >= 0.6 is 0 Å². The molecule has 0 radical (unpaired) electrons. The number of hydrogen-bond donors (Lipinski definition) is 0. The van der Waals surface area contributed by atoms with E-state index in [4.69, 9.17) is 0 Å². The van der Waals surface area contributed by atoms with Crippen LogP contribution in [0.15, 0.2) is 84.0 Å². The van der Waals surface area contributed by atoms with E-state index < -0.39 is 0 Å². The van der Waals surface area contributed by atoms with E-state index in [1.807, 2.05) is 45.2 Å². The molecular formula is C38H66N2O. The smallest absolute Gasteiger partial charge is 0.122 e. The second-order valence-corrected chi connectivity index (χ2v) is 10.3. The molecule has 0 aromatic heterocycles. The summed E-state index contributed by atoms with van der Waals surface area (Å²) in [6.45, 7) is 31.5. The van der Waals surface area contributed by atoms with Crippen molar-refractivity contribution in [1.29, 1.82) is 0 Å². The number of allylic oxidation sites excluding steroid dienone is 7. The monoisotopic (exact) mass is 567 g/mol. The molecule has 234 valence electrons. The lowest BCUT2D eigenvalue weighted by Gasteiger charge is -2.17. The summed E-state index contributed by atoms with van der Waals surface area (Å²) in [5, 5.41) is 0. The number of carbonyl (C=O) groups is 1. The van der Waals surface area contributed by atoms with Gasteiger partial charge < -0.3 is 9.69 Å². The van der Waals surface area contributed by atoms with E-state index in [9.17, 15) is 4.79 Å². The van der Waals surface area contributed by atoms with Crippen LogP contribution in [0.4, 0.5) is 0 Å². The Kier molecular flexibility index (Phi) is 36.6. The topological polar surface area (TPSA) is 32.7 Å². The van der Waals surface area contributed by atoms with Crippen molar-refractivity contribution >= 4 is 12.1 Å². The summed E-state index contributed by atoms with van der Waals surface area (Å²) in [5.74, 6) is 1.85. The largest absolute Gasteiger partial charge is 0.360 e. The predicted octanol–water partition coefficient (Wildman–Crippen LogP) is 11.1. The Morgan fingerprint density at radius 1 is 1.07 bits per heavy atom. The zero-order chi connectivity index (χ0) is 32.6. The van der Waals surface area contributed by atoms with Gasteiger partial charge in [0, 0.05) is 27.1 Å². The standard InChI is InChI=1S/C10H20N2.C10H14.C9H14.C6H12.C3H6O/c1-6-7-12(5)10(11-4)8-9(2)3;1-4-10-7-8(2)5-6-9(10)3;1-4-7-8-9(5-2)6-3;1-4-5-6(2)3;1-2-3-4/h8H,6-7H2,1-5H3;5-7H,4H2,1-3H3;4-5,7-8H,2,6H2,1,3H3;4,6H,1,5H2,2-3H3;3H,2H2,1H3/b;;7-4-,9-8+;;. The van der Waals surface area contributed by atoms with Crippen LogP contribution in [-0.2, 0) is 11.2 Å². The number of nitrogens with zero attached hydrogens (tertiary/aromatic N) is 2. The molecule has 1 rings (SSSR count). The van der Waals surface area contributed by atoms with Gasteiger partial charge in [-0.2, -0.15) is 0 Å². The summed E-state index contributed by atoms with van der Waals surface area (Å²) in [6, 6.07) is 6.61. The van der Waals surface area contributed by atoms with Crippen molar-refractivity contribution in [2.45, 2.75) is 108 Å². The van der Waals surface area contributed by atoms with E-state index in [0.717, 1.165) is 50.3 Å². The fraction of sp³-hybridized carbons (Fsp3) is 0.526. The number of aryl methyl sites for hydroxylation is 3. The molecule has 0 fully saturated rings. The van der Waals surface area contributed by atoms with Gasteiger partial charge in [0.1, 0.15) is 12.1 Å². The van der Waals surface area contributed by atoms with Gasteiger partial charge in [-0.25, -0.2) is 0 Å². The number of aldehydes is 1. The Hall–Kier alpha value is -2.94. The molecule has 0 atom stereocenters. The van der Waals surface area contributed by atoms with Crippen LogP contribution in [0.3, 0.4) is 0 Å². The van der Waals surface area contributed by atoms with E-state index in [1.54, 1.807) is 0 Å². The Labute approximate surface area is 257 Å². The first-order chi connectivity index (χ1) is 19.4. The van der Waals surface area contributed by atoms with E-state index in [-0.39, 0.29) is 0 Å². The molecule has 0 aliphatic rings. The quantitative estimate of drug-likeness (QED) is 0.0927. The average molecular weight is 567 g/mol. The molecule has 0 spiro atoms. The third-order valence-corrected chi connectivity index (χ3v) is 5.46. The maximum Gasteiger partial charge on any atom is 0.122 e. The summed E-state index contributed by atoms with van der Waals surface area (Å²) in [6.07, 6.45) is 18.1. The summed E-state index contributed by atoms with van der Waals surface area (Å²) in [7, 11) is 3.91. The molecule has 0 aliphatic carbocycles. The van der Waals surface area contributed by atoms with Gasteiger partial charge in [0.2, 0.25) is 0 Å². The van der Waals surface area contributed by atoms with Crippen molar-refractivity contribution in [2.75, 3.05) is 20.6 Å². The molecule has 0 unspecified atom stereocenters. The lowest BCUT2D eigenvalue weighted by atomic mass is 10.0. The first-order valence-electron chi connectivity index (χ1n) is 15.3.